The van der Waals surface area contributed by atoms with Gasteiger partial charge < -0.3 is 21.7 Å². The number of rotatable bonds is 8. The fraction of sp³-hybridized carbons (Fsp3) is 0.312. The average Bonchev–Trinajstić information content (AvgIpc) is 2.97. The highest BCUT2D eigenvalue weighted by molar-refractivity contribution is 7.17. The molecular formula is C16H20N4O3S. The summed E-state index contributed by atoms with van der Waals surface area (Å²) < 4.78 is 1.12. The number of hydrogen-bond donors (Lipinski definition) is 4. The minimum Gasteiger partial charge on any atom is -0.343 e. The second-order valence-electron chi connectivity index (χ2n) is 5.35. The summed E-state index contributed by atoms with van der Waals surface area (Å²) in [5.41, 5.74) is 6.55. The molecule has 3 amide bonds. The third kappa shape index (κ3) is 4.53. The van der Waals surface area contributed by atoms with Crippen LogP contribution in [0, 0.1) is 0 Å². The first-order chi connectivity index (χ1) is 11.5. The van der Waals surface area contributed by atoms with Crippen molar-refractivity contribution in [3.63, 3.8) is 0 Å². The van der Waals surface area contributed by atoms with Gasteiger partial charge in [-0.2, -0.15) is 0 Å². The van der Waals surface area contributed by atoms with E-state index in [2.05, 4.69) is 16.0 Å². The van der Waals surface area contributed by atoms with Crippen molar-refractivity contribution in [3.05, 3.63) is 35.2 Å². The number of amides is 3. The van der Waals surface area contributed by atoms with Crippen LogP contribution in [0.1, 0.15) is 12.5 Å². The second-order valence-corrected chi connectivity index (χ2v) is 6.26. The minimum absolute atomic E-state index is 0.00271. The zero-order valence-corrected chi connectivity index (χ0v) is 14.1. The normalized spacial score (nSPS) is 13.1. The van der Waals surface area contributed by atoms with Crippen LogP contribution in [0.25, 0.3) is 10.1 Å². The van der Waals surface area contributed by atoms with Gasteiger partial charge in [-0.3, -0.25) is 14.4 Å². The first-order valence-electron chi connectivity index (χ1n) is 7.48. The largest absolute Gasteiger partial charge is 0.343 e. The zero-order chi connectivity index (χ0) is 17.5. The molecule has 8 heteroatoms. The monoisotopic (exact) mass is 348 g/mol. The molecular weight excluding hydrogens is 328 g/mol. The Morgan fingerprint density at radius 3 is 2.75 bits per heavy atom. The lowest BCUT2D eigenvalue weighted by atomic mass is 10.0. The van der Waals surface area contributed by atoms with Gasteiger partial charge >= 0.3 is 0 Å². The van der Waals surface area contributed by atoms with Crippen molar-refractivity contribution in [2.45, 2.75) is 25.4 Å². The van der Waals surface area contributed by atoms with E-state index in [0.29, 0.717) is 12.8 Å². The molecule has 24 heavy (non-hydrogen) atoms. The molecule has 0 aliphatic heterocycles. The van der Waals surface area contributed by atoms with E-state index >= 15 is 0 Å². The summed E-state index contributed by atoms with van der Waals surface area (Å²) in [4.78, 5) is 34.5. The maximum atomic E-state index is 12.3. The van der Waals surface area contributed by atoms with Gasteiger partial charge in [-0.25, -0.2) is 0 Å². The van der Waals surface area contributed by atoms with Crippen molar-refractivity contribution < 1.29 is 14.4 Å². The lowest BCUT2D eigenvalue weighted by molar-refractivity contribution is -0.129. The minimum atomic E-state index is -0.769. The molecule has 2 atom stereocenters. The molecule has 2 aromatic rings. The van der Waals surface area contributed by atoms with Crippen molar-refractivity contribution in [1.82, 2.24) is 16.0 Å². The first kappa shape index (κ1) is 17.9. The fourth-order valence-electron chi connectivity index (χ4n) is 2.23. The molecule has 0 aliphatic carbocycles. The van der Waals surface area contributed by atoms with Gasteiger partial charge in [0, 0.05) is 11.1 Å². The van der Waals surface area contributed by atoms with E-state index in [1.807, 2.05) is 29.6 Å². The van der Waals surface area contributed by atoms with E-state index in [1.165, 1.54) is 0 Å². The predicted octanol–water partition coefficient (Wildman–Crippen LogP) is 0.0955. The molecule has 1 aromatic heterocycles. The molecule has 7 nitrogen and oxygen atoms in total. The summed E-state index contributed by atoms with van der Waals surface area (Å²) in [5, 5.41) is 10.6. The molecule has 0 bridgehead atoms. The van der Waals surface area contributed by atoms with Gasteiger partial charge in [0.1, 0.15) is 6.04 Å². The number of benzene rings is 1. The van der Waals surface area contributed by atoms with Crippen LogP contribution in [0.15, 0.2) is 29.6 Å². The maximum Gasteiger partial charge on any atom is 0.244 e. The predicted molar refractivity (Wildman–Crippen MR) is 93.3 cm³/mol. The van der Waals surface area contributed by atoms with Gasteiger partial charge in [-0.1, -0.05) is 18.2 Å². The van der Waals surface area contributed by atoms with Crippen LogP contribution >= 0.6 is 11.3 Å². The van der Waals surface area contributed by atoms with Gasteiger partial charge in [0.15, 0.2) is 0 Å². The Labute approximate surface area is 143 Å². The van der Waals surface area contributed by atoms with Crippen LogP contribution in [0.5, 0.6) is 0 Å². The van der Waals surface area contributed by atoms with E-state index in [-0.39, 0.29) is 12.6 Å². The number of carbonyl (C=O) groups is 3. The van der Waals surface area contributed by atoms with Crippen molar-refractivity contribution in [2.75, 3.05) is 6.67 Å². The Bertz CT molecular complexity index is 729. The van der Waals surface area contributed by atoms with E-state index in [4.69, 9.17) is 5.73 Å². The van der Waals surface area contributed by atoms with Crippen LogP contribution in [-0.2, 0) is 20.8 Å². The van der Waals surface area contributed by atoms with E-state index in [9.17, 15) is 14.4 Å². The highest BCUT2D eigenvalue weighted by atomic mass is 32.1. The molecule has 128 valence electrons. The third-order valence-electron chi connectivity index (χ3n) is 3.48. The van der Waals surface area contributed by atoms with Gasteiger partial charge in [-0.05, 0) is 29.3 Å². The Kier molecular flexibility index (Phi) is 6.28. The smallest absolute Gasteiger partial charge is 0.244 e. The summed E-state index contributed by atoms with van der Waals surface area (Å²) in [6.07, 6.45) is 0.831. The van der Waals surface area contributed by atoms with Crippen LogP contribution in [0.2, 0.25) is 0 Å². The van der Waals surface area contributed by atoms with Crippen molar-refractivity contribution in [1.29, 1.82) is 0 Å². The molecule has 2 rings (SSSR count). The van der Waals surface area contributed by atoms with Crippen molar-refractivity contribution in [3.8, 4) is 0 Å². The number of hydrogen-bond acceptors (Lipinski definition) is 5. The fourth-order valence-corrected chi connectivity index (χ4v) is 3.20. The lowest BCUT2D eigenvalue weighted by Gasteiger charge is -2.19. The molecule has 2 unspecified atom stereocenters. The highest BCUT2D eigenvalue weighted by Gasteiger charge is 2.23. The van der Waals surface area contributed by atoms with E-state index < -0.39 is 18.0 Å². The Morgan fingerprint density at radius 2 is 2.04 bits per heavy atom. The van der Waals surface area contributed by atoms with Gasteiger partial charge in [0.25, 0.3) is 0 Å². The lowest BCUT2D eigenvalue weighted by Crippen LogP contribution is -2.52. The molecule has 0 radical (unpaired) electrons. The zero-order valence-electron chi connectivity index (χ0n) is 13.2. The van der Waals surface area contributed by atoms with Crippen LogP contribution in [-0.4, -0.2) is 37.0 Å². The van der Waals surface area contributed by atoms with Gasteiger partial charge in [0.2, 0.25) is 18.2 Å². The van der Waals surface area contributed by atoms with Crippen LogP contribution in [0.4, 0.5) is 0 Å². The molecule has 0 saturated heterocycles. The summed E-state index contributed by atoms with van der Waals surface area (Å²) in [6, 6.07) is 6.39. The molecule has 1 heterocycles. The van der Waals surface area contributed by atoms with E-state index in [1.54, 1.807) is 18.3 Å². The third-order valence-corrected chi connectivity index (χ3v) is 4.49. The van der Waals surface area contributed by atoms with Crippen molar-refractivity contribution >= 4 is 39.6 Å². The van der Waals surface area contributed by atoms with Crippen LogP contribution in [0.3, 0.4) is 0 Å². The Morgan fingerprint density at radius 1 is 1.29 bits per heavy atom. The molecule has 0 fully saturated rings. The van der Waals surface area contributed by atoms with Gasteiger partial charge in [0.05, 0.1) is 12.7 Å². The molecule has 5 N–H and O–H groups in total. The first-order valence-corrected chi connectivity index (χ1v) is 8.36. The summed E-state index contributed by atoms with van der Waals surface area (Å²) >= 11 is 1.59. The SMILES string of the molecule is CC(N)C(=O)NC(Cc1csc2ccccc12)C(=O)NCNC=O. The molecule has 1 aromatic carbocycles. The molecule has 0 aliphatic rings. The number of nitrogens with one attached hydrogen (secondary N) is 3. The molecule has 0 spiro atoms. The number of thiophene rings is 1. The van der Waals surface area contributed by atoms with Crippen molar-refractivity contribution in [2.24, 2.45) is 5.73 Å². The second kappa shape index (κ2) is 8.42. The Balaban J connectivity index is 2.16. The van der Waals surface area contributed by atoms with E-state index in [0.717, 1.165) is 15.6 Å². The summed E-state index contributed by atoms with van der Waals surface area (Å²) in [7, 11) is 0. The van der Waals surface area contributed by atoms with Crippen LogP contribution < -0.4 is 21.7 Å². The molecule has 0 saturated carbocycles. The number of nitrogens with two attached hydrogens (primary N) is 1. The highest BCUT2D eigenvalue weighted by Crippen LogP contribution is 2.26. The maximum absolute atomic E-state index is 12.3. The summed E-state index contributed by atoms with van der Waals surface area (Å²) in [6.45, 7) is 1.55. The average molecular weight is 348 g/mol. The number of fused-ring (bicyclic) bond motifs is 1. The topological polar surface area (TPSA) is 113 Å². The van der Waals surface area contributed by atoms with Gasteiger partial charge in [-0.15, -0.1) is 11.3 Å². The Hall–Kier alpha value is -2.45. The quantitative estimate of drug-likeness (QED) is 0.308. The summed E-state index contributed by atoms with van der Waals surface area (Å²) in [5.74, 6) is -0.785. The number of carbonyl (C=O) groups excluding carboxylic acids is 3. The standard InChI is InChI=1S/C16H20N4O3S/c1-10(17)15(22)20-13(16(23)19-8-18-9-21)6-11-7-24-14-5-3-2-4-12(11)14/h2-5,7,9-10,13H,6,8,17H2,1H3,(H,18,21)(H,19,23)(H,20,22).